The minimum absolute atomic E-state index is 0.296. The summed E-state index contributed by atoms with van der Waals surface area (Å²) in [6.07, 6.45) is 0. The first-order valence-electron chi connectivity index (χ1n) is 4.54. The van der Waals surface area contributed by atoms with Crippen molar-refractivity contribution in [2.24, 2.45) is 11.1 Å². The van der Waals surface area contributed by atoms with E-state index < -0.39 is 0 Å². The molecule has 1 saturated carbocycles. The zero-order chi connectivity index (χ0) is 9.64. The van der Waals surface area contributed by atoms with Crippen molar-refractivity contribution in [3.05, 3.63) is 33.4 Å². The Morgan fingerprint density at radius 3 is 2.46 bits per heavy atom. The van der Waals surface area contributed by atoms with Crippen LogP contribution in [-0.2, 0) is 0 Å². The van der Waals surface area contributed by atoms with Crippen molar-refractivity contribution >= 4 is 22.6 Å². The third kappa shape index (κ3) is 1.50. The molecule has 1 nitrogen and oxygen atoms in total. The molecule has 0 saturated heterocycles. The highest BCUT2D eigenvalue weighted by molar-refractivity contribution is 14.1. The van der Waals surface area contributed by atoms with Crippen LogP contribution in [0.4, 0.5) is 0 Å². The van der Waals surface area contributed by atoms with Gasteiger partial charge in [0.2, 0.25) is 0 Å². The lowest BCUT2D eigenvalue weighted by Crippen LogP contribution is -2.06. The standard InChI is InChI=1S/C11H14IN/c1-11(2)9(10(11)13)7-4-3-5-8(12)6-7/h3-6,9-10H,13H2,1-2H3. The van der Waals surface area contributed by atoms with Crippen LogP contribution in [0, 0.1) is 8.99 Å². The van der Waals surface area contributed by atoms with Crippen LogP contribution in [0.15, 0.2) is 24.3 Å². The molecule has 1 aliphatic carbocycles. The predicted molar refractivity (Wildman–Crippen MR) is 63.7 cm³/mol. The van der Waals surface area contributed by atoms with Crippen LogP contribution in [-0.4, -0.2) is 6.04 Å². The molecule has 0 spiro atoms. The van der Waals surface area contributed by atoms with Gasteiger partial charge in [-0.1, -0.05) is 26.0 Å². The molecule has 2 N–H and O–H groups in total. The first kappa shape index (κ1) is 9.46. The largest absolute Gasteiger partial charge is 0.327 e. The summed E-state index contributed by atoms with van der Waals surface area (Å²) in [6.45, 7) is 4.48. The third-order valence-corrected chi connectivity index (χ3v) is 3.79. The first-order valence-corrected chi connectivity index (χ1v) is 5.62. The number of hydrogen-bond acceptors (Lipinski definition) is 1. The summed E-state index contributed by atoms with van der Waals surface area (Å²) in [4.78, 5) is 0. The maximum absolute atomic E-state index is 6.02. The monoisotopic (exact) mass is 287 g/mol. The lowest BCUT2D eigenvalue weighted by atomic mass is 10.0. The number of rotatable bonds is 1. The molecule has 2 rings (SSSR count). The minimum Gasteiger partial charge on any atom is -0.327 e. The SMILES string of the molecule is CC1(C)C(N)C1c1cccc(I)c1. The third-order valence-electron chi connectivity index (χ3n) is 3.12. The summed E-state index contributed by atoms with van der Waals surface area (Å²) in [7, 11) is 0. The summed E-state index contributed by atoms with van der Waals surface area (Å²) in [5.41, 5.74) is 7.71. The number of halogens is 1. The zero-order valence-corrected chi connectivity index (χ0v) is 10.1. The van der Waals surface area contributed by atoms with Crippen LogP contribution in [0.3, 0.4) is 0 Å². The second-order valence-electron chi connectivity index (χ2n) is 4.38. The van der Waals surface area contributed by atoms with E-state index in [1.807, 2.05) is 0 Å². The van der Waals surface area contributed by atoms with Gasteiger partial charge in [0, 0.05) is 15.5 Å². The van der Waals surface area contributed by atoms with Crippen LogP contribution in [0.2, 0.25) is 0 Å². The van der Waals surface area contributed by atoms with Crippen LogP contribution < -0.4 is 5.73 Å². The number of nitrogens with two attached hydrogens (primary N) is 1. The van der Waals surface area contributed by atoms with Gasteiger partial charge in [-0.15, -0.1) is 0 Å². The lowest BCUT2D eigenvalue weighted by Gasteiger charge is -2.02. The Balaban J connectivity index is 2.29. The Morgan fingerprint density at radius 2 is 2.00 bits per heavy atom. The van der Waals surface area contributed by atoms with Crippen molar-refractivity contribution in [3.63, 3.8) is 0 Å². The smallest absolute Gasteiger partial charge is 0.0172 e. The van der Waals surface area contributed by atoms with E-state index >= 15 is 0 Å². The lowest BCUT2D eigenvalue weighted by molar-refractivity contribution is 0.599. The molecule has 70 valence electrons. The van der Waals surface area contributed by atoms with Crippen molar-refractivity contribution in [2.45, 2.75) is 25.8 Å². The van der Waals surface area contributed by atoms with Crippen LogP contribution in [0.5, 0.6) is 0 Å². The predicted octanol–water partition coefficient (Wildman–Crippen LogP) is 2.74. The summed E-state index contributed by atoms with van der Waals surface area (Å²) in [6, 6.07) is 8.98. The van der Waals surface area contributed by atoms with Gasteiger partial charge in [-0.2, -0.15) is 0 Å². The average Bonchev–Trinajstić information content (AvgIpc) is 2.51. The van der Waals surface area contributed by atoms with Gasteiger partial charge in [0.25, 0.3) is 0 Å². The van der Waals surface area contributed by atoms with Gasteiger partial charge in [-0.25, -0.2) is 0 Å². The van der Waals surface area contributed by atoms with E-state index in [0.29, 0.717) is 17.4 Å². The molecular formula is C11H14IN. The fourth-order valence-electron chi connectivity index (χ4n) is 2.01. The molecule has 0 bridgehead atoms. The molecule has 1 aliphatic rings. The van der Waals surface area contributed by atoms with Crippen molar-refractivity contribution in [1.82, 2.24) is 0 Å². The summed E-state index contributed by atoms with van der Waals surface area (Å²) in [5, 5.41) is 0. The number of hydrogen-bond donors (Lipinski definition) is 1. The average molecular weight is 287 g/mol. The molecule has 0 aliphatic heterocycles. The molecular weight excluding hydrogens is 273 g/mol. The molecule has 0 aromatic heterocycles. The zero-order valence-electron chi connectivity index (χ0n) is 7.92. The second-order valence-corrected chi connectivity index (χ2v) is 5.63. The van der Waals surface area contributed by atoms with Gasteiger partial charge in [-0.05, 0) is 45.7 Å². The molecule has 0 heterocycles. The van der Waals surface area contributed by atoms with E-state index in [4.69, 9.17) is 5.73 Å². The molecule has 1 fully saturated rings. The molecule has 2 atom stereocenters. The molecule has 0 radical (unpaired) electrons. The molecule has 2 unspecified atom stereocenters. The maximum atomic E-state index is 6.02. The first-order chi connectivity index (χ1) is 6.03. The molecule has 0 amide bonds. The van der Waals surface area contributed by atoms with Gasteiger partial charge >= 0.3 is 0 Å². The Hall–Kier alpha value is -0.0900. The molecule has 2 heteroatoms. The fraction of sp³-hybridized carbons (Fsp3) is 0.455. The van der Waals surface area contributed by atoms with Crippen LogP contribution in [0.25, 0.3) is 0 Å². The van der Waals surface area contributed by atoms with E-state index in [1.54, 1.807) is 0 Å². The fourth-order valence-corrected chi connectivity index (χ4v) is 2.58. The van der Waals surface area contributed by atoms with E-state index in [2.05, 4.69) is 60.7 Å². The van der Waals surface area contributed by atoms with Gasteiger partial charge in [0.05, 0.1) is 0 Å². The molecule has 1 aromatic carbocycles. The highest BCUT2D eigenvalue weighted by Gasteiger charge is 2.55. The van der Waals surface area contributed by atoms with E-state index in [9.17, 15) is 0 Å². The Morgan fingerprint density at radius 1 is 1.38 bits per heavy atom. The van der Waals surface area contributed by atoms with Gasteiger partial charge in [0.1, 0.15) is 0 Å². The highest BCUT2D eigenvalue weighted by Crippen LogP contribution is 2.57. The van der Waals surface area contributed by atoms with Crippen LogP contribution >= 0.6 is 22.6 Å². The Bertz CT molecular complexity index is 333. The highest BCUT2D eigenvalue weighted by atomic mass is 127. The number of benzene rings is 1. The maximum Gasteiger partial charge on any atom is 0.0172 e. The Labute approximate surface area is 92.9 Å². The van der Waals surface area contributed by atoms with E-state index in [1.165, 1.54) is 9.13 Å². The van der Waals surface area contributed by atoms with Gasteiger partial charge in [-0.3, -0.25) is 0 Å². The minimum atomic E-state index is 0.296. The van der Waals surface area contributed by atoms with Crippen molar-refractivity contribution in [3.8, 4) is 0 Å². The summed E-state index contributed by atoms with van der Waals surface area (Å²) < 4.78 is 1.30. The summed E-state index contributed by atoms with van der Waals surface area (Å²) in [5.74, 6) is 0.558. The summed E-state index contributed by atoms with van der Waals surface area (Å²) >= 11 is 2.34. The van der Waals surface area contributed by atoms with E-state index in [-0.39, 0.29) is 0 Å². The molecule has 1 aromatic rings. The quantitative estimate of drug-likeness (QED) is 0.790. The van der Waals surface area contributed by atoms with Gasteiger partial charge in [0.15, 0.2) is 0 Å². The normalized spacial score (nSPS) is 30.2. The van der Waals surface area contributed by atoms with Crippen molar-refractivity contribution in [1.29, 1.82) is 0 Å². The van der Waals surface area contributed by atoms with Crippen molar-refractivity contribution in [2.75, 3.05) is 0 Å². The topological polar surface area (TPSA) is 26.0 Å². The van der Waals surface area contributed by atoms with Crippen molar-refractivity contribution < 1.29 is 0 Å². The van der Waals surface area contributed by atoms with E-state index in [0.717, 1.165) is 0 Å². The van der Waals surface area contributed by atoms with Crippen LogP contribution in [0.1, 0.15) is 25.3 Å². The second kappa shape index (κ2) is 2.95. The van der Waals surface area contributed by atoms with Gasteiger partial charge < -0.3 is 5.73 Å². The Kier molecular flexibility index (Phi) is 2.15. The molecule has 13 heavy (non-hydrogen) atoms.